The van der Waals surface area contributed by atoms with Crippen LogP contribution in [0.25, 0.3) is 0 Å². The lowest BCUT2D eigenvalue weighted by molar-refractivity contribution is 0.109. The minimum atomic E-state index is 0.595. The van der Waals surface area contributed by atoms with E-state index in [4.69, 9.17) is 5.73 Å². The van der Waals surface area contributed by atoms with E-state index in [1.807, 2.05) is 0 Å². The predicted molar refractivity (Wildman–Crippen MR) is 87.8 cm³/mol. The summed E-state index contributed by atoms with van der Waals surface area (Å²) in [6.45, 7) is 10.5. The summed E-state index contributed by atoms with van der Waals surface area (Å²) >= 11 is 0. The molecule has 2 nitrogen and oxygen atoms in total. The van der Waals surface area contributed by atoms with Gasteiger partial charge in [-0.1, -0.05) is 33.8 Å². The van der Waals surface area contributed by atoms with Crippen molar-refractivity contribution < 1.29 is 0 Å². The molecular weight excluding hydrogens is 244 g/mol. The van der Waals surface area contributed by atoms with Crippen molar-refractivity contribution >= 4 is 5.69 Å². The van der Waals surface area contributed by atoms with E-state index in [0.29, 0.717) is 18.0 Å². The fourth-order valence-corrected chi connectivity index (χ4v) is 3.67. The molecule has 1 aliphatic rings. The van der Waals surface area contributed by atoms with Gasteiger partial charge in [0.2, 0.25) is 0 Å². The lowest BCUT2D eigenvalue weighted by atomic mass is 10.00. The van der Waals surface area contributed by atoms with Crippen LogP contribution < -0.4 is 5.73 Å². The van der Waals surface area contributed by atoms with Crippen LogP contribution >= 0.6 is 0 Å². The second-order valence-electron chi connectivity index (χ2n) is 6.57. The first-order valence-electron chi connectivity index (χ1n) is 8.20. The SMILES string of the molecule is CCC(CC)N(CC(C)C)C1CCc2cc(N)ccc21. The largest absolute Gasteiger partial charge is 0.399 e. The van der Waals surface area contributed by atoms with E-state index in [-0.39, 0.29) is 0 Å². The average molecular weight is 274 g/mol. The Kier molecular flexibility index (Phi) is 5.09. The van der Waals surface area contributed by atoms with E-state index < -0.39 is 0 Å². The molecular formula is C18H30N2. The summed E-state index contributed by atoms with van der Waals surface area (Å²) in [7, 11) is 0. The Labute approximate surface area is 124 Å². The van der Waals surface area contributed by atoms with Crippen LogP contribution in [-0.2, 0) is 6.42 Å². The minimum Gasteiger partial charge on any atom is -0.399 e. The summed E-state index contributed by atoms with van der Waals surface area (Å²) in [5.41, 5.74) is 9.82. The van der Waals surface area contributed by atoms with Crippen molar-refractivity contribution in [3.8, 4) is 0 Å². The van der Waals surface area contributed by atoms with E-state index in [9.17, 15) is 0 Å². The highest BCUT2D eigenvalue weighted by molar-refractivity contribution is 5.47. The average Bonchev–Trinajstić information content (AvgIpc) is 2.81. The minimum absolute atomic E-state index is 0.595. The molecule has 0 bridgehead atoms. The van der Waals surface area contributed by atoms with Gasteiger partial charge >= 0.3 is 0 Å². The number of nitrogens with two attached hydrogens (primary N) is 1. The summed E-state index contributed by atoms with van der Waals surface area (Å²) in [5.74, 6) is 0.716. The van der Waals surface area contributed by atoms with Crippen molar-refractivity contribution in [3.05, 3.63) is 29.3 Å². The molecule has 0 fully saturated rings. The van der Waals surface area contributed by atoms with Crippen molar-refractivity contribution in [1.82, 2.24) is 4.90 Å². The molecule has 1 aliphatic carbocycles. The summed E-state index contributed by atoms with van der Waals surface area (Å²) in [6.07, 6.45) is 4.91. The lowest BCUT2D eigenvalue weighted by Gasteiger charge is -2.37. The zero-order chi connectivity index (χ0) is 14.7. The van der Waals surface area contributed by atoms with E-state index >= 15 is 0 Å². The predicted octanol–water partition coefficient (Wildman–Crippen LogP) is 4.40. The fraction of sp³-hybridized carbons (Fsp3) is 0.667. The van der Waals surface area contributed by atoms with Gasteiger partial charge in [0.15, 0.2) is 0 Å². The van der Waals surface area contributed by atoms with Crippen molar-refractivity contribution in [1.29, 1.82) is 0 Å². The van der Waals surface area contributed by atoms with Crippen LogP contribution in [0.5, 0.6) is 0 Å². The number of aryl methyl sites for hydroxylation is 1. The van der Waals surface area contributed by atoms with Crippen LogP contribution in [0.1, 0.15) is 64.1 Å². The first kappa shape index (κ1) is 15.4. The van der Waals surface area contributed by atoms with Gasteiger partial charge < -0.3 is 5.73 Å². The van der Waals surface area contributed by atoms with Gasteiger partial charge in [0.05, 0.1) is 0 Å². The van der Waals surface area contributed by atoms with Crippen molar-refractivity contribution in [3.63, 3.8) is 0 Å². The van der Waals surface area contributed by atoms with E-state index in [2.05, 4.69) is 50.8 Å². The Bertz CT molecular complexity index is 435. The molecule has 0 saturated heterocycles. The lowest BCUT2D eigenvalue weighted by Crippen LogP contribution is -2.39. The Morgan fingerprint density at radius 1 is 1.25 bits per heavy atom. The Balaban J connectivity index is 2.27. The van der Waals surface area contributed by atoms with Crippen LogP contribution in [0, 0.1) is 5.92 Å². The van der Waals surface area contributed by atoms with E-state index in [1.54, 1.807) is 0 Å². The van der Waals surface area contributed by atoms with Crippen LogP contribution in [0.3, 0.4) is 0 Å². The Hall–Kier alpha value is -1.02. The zero-order valence-electron chi connectivity index (χ0n) is 13.5. The number of anilines is 1. The van der Waals surface area contributed by atoms with Crippen molar-refractivity contribution in [2.24, 2.45) is 5.92 Å². The van der Waals surface area contributed by atoms with E-state index in [1.165, 1.54) is 43.4 Å². The Morgan fingerprint density at radius 2 is 1.95 bits per heavy atom. The maximum absolute atomic E-state index is 5.93. The maximum Gasteiger partial charge on any atom is 0.0357 e. The van der Waals surface area contributed by atoms with Gasteiger partial charge in [-0.2, -0.15) is 0 Å². The summed E-state index contributed by atoms with van der Waals surface area (Å²) in [6, 6.07) is 7.80. The molecule has 0 spiro atoms. The van der Waals surface area contributed by atoms with Crippen molar-refractivity contribution in [2.75, 3.05) is 12.3 Å². The Morgan fingerprint density at radius 3 is 2.55 bits per heavy atom. The molecule has 0 aliphatic heterocycles. The molecule has 2 N–H and O–H groups in total. The van der Waals surface area contributed by atoms with Gasteiger partial charge in [0, 0.05) is 24.3 Å². The molecule has 20 heavy (non-hydrogen) atoms. The zero-order valence-corrected chi connectivity index (χ0v) is 13.5. The number of nitrogen functional groups attached to an aromatic ring is 1. The standard InChI is InChI=1S/C18H30N2/c1-5-16(6-2)20(12-13(3)4)18-10-7-14-11-15(19)8-9-17(14)18/h8-9,11,13,16,18H,5-7,10,12,19H2,1-4H3. The third-order valence-corrected chi connectivity index (χ3v) is 4.60. The molecule has 1 atom stereocenters. The summed E-state index contributed by atoms with van der Waals surface area (Å²) in [4.78, 5) is 2.76. The van der Waals surface area contributed by atoms with Crippen molar-refractivity contribution in [2.45, 2.75) is 65.5 Å². The third kappa shape index (κ3) is 3.17. The first-order chi connectivity index (χ1) is 9.56. The third-order valence-electron chi connectivity index (χ3n) is 4.60. The molecule has 0 amide bonds. The molecule has 1 aromatic carbocycles. The number of hydrogen-bond donors (Lipinski definition) is 1. The molecule has 0 aromatic heterocycles. The molecule has 0 radical (unpaired) electrons. The highest BCUT2D eigenvalue weighted by Crippen LogP contribution is 2.38. The van der Waals surface area contributed by atoms with Gasteiger partial charge in [-0.3, -0.25) is 4.90 Å². The number of rotatable bonds is 6. The van der Waals surface area contributed by atoms with Crippen LogP contribution in [0.2, 0.25) is 0 Å². The van der Waals surface area contributed by atoms with Gasteiger partial charge in [-0.15, -0.1) is 0 Å². The highest BCUT2D eigenvalue weighted by Gasteiger charge is 2.31. The smallest absolute Gasteiger partial charge is 0.0357 e. The summed E-state index contributed by atoms with van der Waals surface area (Å²) < 4.78 is 0. The number of fused-ring (bicyclic) bond motifs is 1. The normalized spacial score (nSPS) is 18.2. The molecule has 112 valence electrons. The van der Waals surface area contributed by atoms with Gasteiger partial charge in [-0.25, -0.2) is 0 Å². The molecule has 0 saturated carbocycles. The molecule has 2 rings (SSSR count). The number of hydrogen-bond acceptors (Lipinski definition) is 2. The highest BCUT2D eigenvalue weighted by atomic mass is 15.2. The van der Waals surface area contributed by atoms with E-state index in [0.717, 1.165) is 5.69 Å². The quantitative estimate of drug-likeness (QED) is 0.779. The molecule has 1 unspecified atom stereocenters. The monoisotopic (exact) mass is 274 g/mol. The summed E-state index contributed by atoms with van der Waals surface area (Å²) in [5, 5.41) is 0. The van der Waals surface area contributed by atoms with Gasteiger partial charge in [0.25, 0.3) is 0 Å². The van der Waals surface area contributed by atoms with Gasteiger partial charge in [0.1, 0.15) is 0 Å². The second-order valence-corrected chi connectivity index (χ2v) is 6.57. The topological polar surface area (TPSA) is 29.3 Å². The number of nitrogens with zero attached hydrogens (tertiary/aromatic N) is 1. The molecule has 1 aromatic rings. The fourth-order valence-electron chi connectivity index (χ4n) is 3.67. The first-order valence-corrected chi connectivity index (χ1v) is 8.20. The van der Waals surface area contributed by atoms with Crippen LogP contribution in [0.15, 0.2) is 18.2 Å². The second kappa shape index (κ2) is 6.62. The molecule has 2 heteroatoms. The molecule has 0 heterocycles. The number of benzene rings is 1. The van der Waals surface area contributed by atoms with Gasteiger partial charge in [-0.05, 0) is 54.9 Å². The van der Waals surface area contributed by atoms with Crippen LogP contribution in [-0.4, -0.2) is 17.5 Å². The van der Waals surface area contributed by atoms with Crippen LogP contribution in [0.4, 0.5) is 5.69 Å². The maximum atomic E-state index is 5.93.